The van der Waals surface area contributed by atoms with Gasteiger partial charge in [-0.05, 0) is 24.6 Å². The molecule has 3 rings (SSSR count). The Kier molecular flexibility index (Phi) is 2.52. The zero-order valence-electron chi connectivity index (χ0n) is 10.1. The Balaban J connectivity index is 2.29. The SMILES string of the molecule is CCc1coc2ccc(-c3ccccc3)[n+](O)c12. The lowest BCUT2D eigenvalue weighted by molar-refractivity contribution is -0.876. The average molecular weight is 240 g/mol. The van der Waals surface area contributed by atoms with Crippen LogP contribution in [-0.4, -0.2) is 5.21 Å². The highest BCUT2D eigenvalue weighted by Crippen LogP contribution is 2.22. The summed E-state index contributed by atoms with van der Waals surface area (Å²) in [7, 11) is 0. The Bertz CT molecular complexity index is 686. The first-order valence-corrected chi connectivity index (χ1v) is 6.01. The highest BCUT2D eigenvalue weighted by molar-refractivity contribution is 5.75. The van der Waals surface area contributed by atoms with Crippen LogP contribution in [0.15, 0.2) is 53.1 Å². The van der Waals surface area contributed by atoms with Crippen LogP contribution in [0.5, 0.6) is 0 Å². The van der Waals surface area contributed by atoms with E-state index in [0.717, 1.165) is 28.8 Å². The summed E-state index contributed by atoms with van der Waals surface area (Å²) in [5, 5.41) is 10.4. The van der Waals surface area contributed by atoms with E-state index in [0.29, 0.717) is 5.58 Å². The zero-order valence-corrected chi connectivity index (χ0v) is 10.1. The number of aryl methyl sites for hydroxylation is 1. The van der Waals surface area contributed by atoms with Crippen molar-refractivity contribution in [3.63, 3.8) is 0 Å². The van der Waals surface area contributed by atoms with Crippen molar-refractivity contribution in [3.8, 4) is 11.3 Å². The summed E-state index contributed by atoms with van der Waals surface area (Å²) < 4.78 is 6.65. The first-order valence-electron chi connectivity index (χ1n) is 6.01. The van der Waals surface area contributed by atoms with E-state index in [1.807, 2.05) is 49.4 Å². The Labute approximate surface area is 105 Å². The molecule has 0 bridgehead atoms. The van der Waals surface area contributed by atoms with Crippen LogP contribution in [-0.2, 0) is 6.42 Å². The quantitative estimate of drug-likeness (QED) is 0.551. The third kappa shape index (κ3) is 1.56. The average Bonchev–Trinajstić information content (AvgIpc) is 2.84. The minimum Gasteiger partial charge on any atom is -0.457 e. The zero-order chi connectivity index (χ0) is 12.5. The molecule has 0 aliphatic carbocycles. The van der Waals surface area contributed by atoms with Crippen molar-refractivity contribution in [2.75, 3.05) is 0 Å². The molecule has 0 unspecified atom stereocenters. The van der Waals surface area contributed by atoms with Crippen molar-refractivity contribution in [2.45, 2.75) is 13.3 Å². The number of fused-ring (bicyclic) bond motifs is 1. The van der Waals surface area contributed by atoms with E-state index in [4.69, 9.17) is 4.42 Å². The van der Waals surface area contributed by atoms with E-state index in [1.54, 1.807) is 6.26 Å². The fourth-order valence-electron chi connectivity index (χ4n) is 2.19. The molecule has 0 amide bonds. The minimum absolute atomic E-state index is 0.703. The predicted molar refractivity (Wildman–Crippen MR) is 68.4 cm³/mol. The number of pyridine rings is 1. The molecular formula is C15H14NO2+. The summed E-state index contributed by atoms with van der Waals surface area (Å²) in [6.45, 7) is 2.04. The fourth-order valence-corrected chi connectivity index (χ4v) is 2.19. The van der Waals surface area contributed by atoms with Crippen LogP contribution in [0.3, 0.4) is 0 Å². The second-order valence-electron chi connectivity index (χ2n) is 4.22. The third-order valence-electron chi connectivity index (χ3n) is 3.15. The molecule has 2 heterocycles. The minimum atomic E-state index is 0.703. The third-order valence-corrected chi connectivity index (χ3v) is 3.15. The van der Waals surface area contributed by atoms with E-state index in [9.17, 15) is 5.21 Å². The molecule has 0 fully saturated rings. The molecule has 0 saturated carbocycles. The van der Waals surface area contributed by atoms with Gasteiger partial charge in [0, 0.05) is 10.8 Å². The highest BCUT2D eigenvalue weighted by atomic mass is 16.5. The number of hydrogen-bond donors (Lipinski definition) is 1. The topological polar surface area (TPSA) is 37.2 Å². The first-order chi connectivity index (χ1) is 8.81. The Morgan fingerprint density at radius 3 is 2.61 bits per heavy atom. The van der Waals surface area contributed by atoms with Gasteiger partial charge in [-0.15, -0.1) is 0 Å². The van der Waals surface area contributed by atoms with Gasteiger partial charge in [0.05, 0.1) is 11.1 Å². The van der Waals surface area contributed by atoms with Gasteiger partial charge >= 0.3 is 5.52 Å². The number of furan rings is 1. The van der Waals surface area contributed by atoms with Crippen molar-refractivity contribution >= 4 is 11.1 Å². The molecule has 0 aliphatic heterocycles. The molecule has 0 radical (unpaired) electrons. The Morgan fingerprint density at radius 2 is 1.89 bits per heavy atom. The van der Waals surface area contributed by atoms with Crippen LogP contribution >= 0.6 is 0 Å². The van der Waals surface area contributed by atoms with Gasteiger partial charge in [-0.2, -0.15) is 0 Å². The largest absolute Gasteiger partial charge is 0.457 e. The molecule has 18 heavy (non-hydrogen) atoms. The summed E-state index contributed by atoms with van der Waals surface area (Å²) in [5.74, 6) is 0. The van der Waals surface area contributed by atoms with Crippen molar-refractivity contribution in [1.29, 1.82) is 0 Å². The molecule has 0 aliphatic rings. The van der Waals surface area contributed by atoms with Crippen LogP contribution < -0.4 is 4.73 Å². The van der Waals surface area contributed by atoms with Gasteiger partial charge in [0.1, 0.15) is 6.26 Å². The van der Waals surface area contributed by atoms with E-state index in [2.05, 4.69) is 0 Å². The molecule has 90 valence electrons. The van der Waals surface area contributed by atoms with E-state index >= 15 is 0 Å². The molecule has 0 spiro atoms. The molecule has 1 aromatic carbocycles. The fraction of sp³-hybridized carbons (Fsp3) is 0.133. The summed E-state index contributed by atoms with van der Waals surface area (Å²) in [6.07, 6.45) is 2.53. The summed E-state index contributed by atoms with van der Waals surface area (Å²) in [6, 6.07) is 13.6. The molecule has 3 nitrogen and oxygen atoms in total. The summed E-state index contributed by atoms with van der Waals surface area (Å²) in [4.78, 5) is 0. The molecule has 2 aromatic heterocycles. The van der Waals surface area contributed by atoms with Crippen LogP contribution in [0, 0.1) is 0 Å². The molecule has 0 atom stereocenters. The standard InChI is InChI=1S/C15H14NO2/c1-2-11-10-18-14-9-8-13(16(17)15(11)14)12-6-4-3-5-7-12/h3-10,17H,2H2,1H3/q+1. The molecule has 3 heteroatoms. The number of aromatic nitrogens is 1. The maximum absolute atomic E-state index is 10.4. The second-order valence-corrected chi connectivity index (χ2v) is 4.22. The maximum atomic E-state index is 10.4. The number of benzene rings is 1. The second kappa shape index (κ2) is 4.18. The monoisotopic (exact) mass is 240 g/mol. The van der Waals surface area contributed by atoms with Crippen molar-refractivity contribution in [1.82, 2.24) is 0 Å². The van der Waals surface area contributed by atoms with E-state index < -0.39 is 0 Å². The predicted octanol–water partition coefficient (Wildman–Crippen LogP) is 3.19. The molecule has 1 N–H and O–H groups in total. The summed E-state index contributed by atoms with van der Waals surface area (Å²) in [5.41, 5.74) is 4.20. The van der Waals surface area contributed by atoms with Gasteiger partial charge < -0.3 is 4.42 Å². The van der Waals surface area contributed by atoms with Gasteiger partial charge in [0.15, 0.2) is 0 Å². The number of hydrogen-bond acceptors (Lipinski definition) is 2. The first kappa shape index (κ1) is 10.8. The lowest BCUT2D eigenvalue weighted by Gasteiger charge is -1.98. The van der Waals surface area contributed by atoms with Crippen molar-refractivity contribution in [3.05, 3.63) is 54.3 Å². The summed E-state index contributed by atoms with van der Waals surface area (Å²) >= 11 is 0. The highest BCUT2D eigenvalue weighted by Gasteiger charge is 2.22. The van der Waals surface area contributed by atoms with Gasteiger partial charge in [0.25, 0.3) is 5.69 Å². The Hall–Kier alpha value is -2.29. The van der Waals surface area contributed by atoms with Crippen molar-refractivity contribution in [2.24, 2.45) is 0 Å². The normalized spacial score (nSPS) is 10.9. The van der Waals surface area contributed by atoms with Gasteiger partial charge in [-0.3, -0.25) is 5.21 Å². The van der Waals surface area contributed by atoms with Crippen LogP contribution in [0.2, 0.25) is 0 Å². The van der Waals surface area contributed by atoms with Crippen LogP contribution in [0.25, 0.3) is 22.4 Å². The molecular weight excluding hydrogens is 226 g/mol. The van der Waals surface area contributed by atoms with E-state index in [1.165, 1.54) is 4.73 Å². The Morgan fingerprint density at radius 1 is 1.11 bits per heavy atom. The van der Waals surface area contributed by atoms with Crippen molar-refractivity contribution < 1.29 is 14.4 Å². The van der Waals surface area contributed by atoms with Gasteiger partial charge in [0.2, 0.25) is 5.58 Å². The van der Waals surface area contributed by atoms with Gasteiger partial charge in [-0.25, -0.2) is 0 Å². The lowest BCUT2D eigenvalue weighted by Crippen LogP contribution is -2.34. The van der Waals surface area contributed by atoms with E-state index in [-0.39, 0.29) is 0 Å². The molecule has 0 saturated heterocycles. The lowest BCUT2D eigenvalue weighted by atomic mass is 10.1. The number of rotatable bonds is 2. The molecule has 3 aromatic rings. The number of nitrogens with zero attached hydrogens (tertiary/aromatic N) is 1. The maximum Gasteiger partial charge on any atom is 0.306 e. The smallest absolute Gasteiger partial charge is 0.306 e. The van der Waals surface area contributed by atoms with Crippen LogP contribution in [0.1, 0.15) is 12.5 Å². The van der Waals surface area contributed by atoms with Gasteiger partial charge in [-0.1, -0.05) is 25.1 Å². The van der Waals surface area contributed by atoms with Crippen LogP contribution in [0.4, 0.5) is 0 Å².